The highest BCUT2D eigenvalue weighted by atomic mass is 32.2. The summed E-state index contributed by atoms with van der Waals surface area (Å²) in [6, 6.07) is 13.7. The number of carbonyl (C=O) groups is 1. The second kappa shape index (κ2) is 6.55. The molecular formula is C18H19NO2S. The standard InChI is InChI=1S/C18H19NO2S/c1-19(2)9-10-21-14-7-8-17-16(11-14)18(20)15-6-4-3-5-13(15)12-22-17/h3-8,11H,9-10,12H2,1-2H3. The number of nitrogens with zero attached hydrogens (tertiary/aromatic N) is 1. The minimum Gasteiger partial charge on any atom is -0.492 e. The second-order valence-corrected chi connectivity index (χ2v) is 6.60. The smallest absolute Gasteiger partial charge is 0.194 e. The van der Waals surface area contributed by atoms with Gasteiger partial charge in [0.05, 0.1) is 0 Å². The first-order valence-corrected chi connectivity index (χ1v) is 8.30. The predicted molar refractivity (Wildman–Crippen MR) is 89.9 cm³/mol. The summed E-state index contributed by atoms with van der Waals surface area (Å²) in [6.45, 7) is 1.46. The minimum absolute atomic E-state index is 0.0914. The Kier molecular flexibility index (Phi) is 4.50. The van der Waals surface area contributed by atoms with Gasteiger partial charge in [0, 0.05) is 28.3 Å². The molecule has 22 heavy (non-hydrogen) atoms. The average molecular weight is 313 g/mol. The van der Waals surface area contributed by atoms with Crippen molar-refractivity contribution >= 4 is 17.5 Å². The summed E-state index contributed by atoms with van der Waals surface area (Å²) >= 11 is 1.71. The number of benzene rings is 2. The van der Waals surface area contributed by atoms with E-state index in [1.807, 2.05) is 56.6 Å². The Labute approximate surface area is 135 Å². The van der Waals surface area contributed by atoms with E-state index in [0.29, 0.717) is 6.61 Å². The zero-order valence-corrected chi connectivity index (χ0v) is 13.7. The van der Waals surface area contributed by atoms with E-state index in [0.717, 1.165) is 39.6 Å². The molecule has 2 aromatic carbocycles. The van der Waals surface area contributed by atoms with Crippen LogP contribution in [0.4, 0.5) is 0 Å². The second-order valence-electron chi connectivity index (χ2n) is 5.58. The molecule has 1 heterocycles. The Morgan fingerprint density at radius 3 is 2.77 bits per heavy atom. The molecule has 1 aliphatic heterocycles. The van der Waals surface area contributed by atoms with Crippen LogP contribution in [0.2, 0.25) is 0 Å². The number of hydrogen-bond donors (Lipinski definition) is 0. The van der Waals surface area contributed by atoms with Crippen LogP contribution in [-0.4, -0.2) is 37.9 Å². The lowest BCUT2D eigenvalue weighted by Gasteiger charge is -2.12. The first-order chi connectivity index (χ1) is 10.6. The number of ketones is 1. The van der Waals surface area contributed by atoms with Crippen LogP contribution in [0.1, 0.15) is 21.5 Å². The zero-order chi connectivity index (χ0) is 15.5. The fourth-order valence-electron chi connectivity index (χ4n) is 2.42. The Morgan fingerprint density at radius 2 is 1.95 bits per heavy atom. The van der Waals surface area contributed by atoms with Gasteiger partial charge in [-0.15, -0.1) is 11.8 Å². The molecule has 3 rings (SSSR count). The van der Waals surface area contributed by atoms with Crippen molar-refractivity contribution in [3.05, 3.63) is 59.2 Å². The van der Waals surface area contributed by atoms with Crippen molar-refractivity contribution in [2.24, 2.45) is 0 Å². The van der Waals surface area contributed by atoms with Crippen LogP contribution in [0, 0.1) is 0 Å². The first-order valence-electron chi connectivity index (χ1n) is 7.32. The molecule has 0 atom stereocenters. The third kappa shape index (κ3) is 3.18. The molecule has 0 fully saturated rings. The van der Waals surface area contributed by atoms with E-state index < -0.39 is 0 Å². The molecule has 2 aromatic rings. The van der Waals surface area contributed by atoms with Gasteiger partial charge in [-0.25, -0.2) is 0 Å². The van der Waals surface area contributed by atoms with Crippen LogP contribution in [0.25, 0.3) is 0 Å². The summed E-state index contributed by atoms with van der Waals surface area (Å²) in [6.07, 6.45) is 0. The Bertz CT molecular complexity index is 697. The quantitative estimate of drug-likeness (QED) is 0.864. The van der Waals surface area contributed by atoms with Crippen molar-refractivity contribution in [2.45, 2.75) is 10.6 Å². The SMILES string of the molecule is CN(C)CCOc1ccc2c(c1)C(=O)c1ccccc1CS2. The normalized spacial score (nSPS) is 13.5. The van der Waals surface area contributed by atoms with Crippen LogP contribution in [-0.2, 0) is 5.75 Å². The lowest BCUT2D eigenvalue weighted by atomic mass is 9.99. The molecule has 0 aliphatic carbocycles. The molecule has 0 unspecified atom stereocenters. The maximum absolute atomic E-state index is 12.8. The van der Waals surface area contributed by atoms with Crippen LogP contribution < -0.4 is 4.74 Å². The zero-order valence-electron chi connectivity index (χ0n) is 12.8. The average Bonchev–Trinajstić information content (AvgIpc) is 2.65. The number of rotatable bonds is 4. The van der Waals surface area contributed by atoms with Gasteiger partial charge < -0.3 is 9.64 Å². The summed E-state index contributed by atoms with van der Waals surface area (Å²) in [5.41, 5.74) is 2.65. The van der Waals surface area contributed by atoms with Gasteiger partial charge in [-0.05, 0) is 37.9 Å². The van der Waals surface area contributed by atoms with Crippen molar-refractivity contribution < 1.29 is 9.53 Å². The third-order valence-electron chi connectivity index (χ3n) is 3.65. The van der Waals surface area contributed by atoms with E-state index >= 15 is 0 Å². The molecule has 4 heteroatoms. The molecule has 0 bridgehead atoms. The number of fused-ring (bicyclic) bond motifs is 2. The van der Waals surface area contributed by atoms with Gasteiger partial charge in [0.1, 0.15) is 12.4 Å². The molecule has 0 saturated carbocycles. The van der Waals surface area contributed by atoms with Gasteiger partial charge >= 0.3 is 0 Å². The summed E-state index contributed by atoms with van der Waals surface area (Å²) in [4.78, 5) is 15.9. The minimum atomic E-state index is 0.0914. The maximum atomic E-state index is 12.8. The fourth-order valence-corrected chi connectivity index (χ4v) is 3.45. The summed E-state index contributed by atoms with van der Waals surface area (Å²) in [5.74, 6) is 1.68. The van der Waals surface area contributed by atoms with Gasteiger partial charge in [0.15, 0.2) is 5.78 Å². The van der Waals surface area contributed by atoms with Gasteiger partial charge in [-0.2, -0.15) is 0 Å². The number of hydrogen-bond acceptors (Lipinski definition) is 4. The number of likely N-dealkylation sites (N-methyl/N-ethyl adjacent to an activating group) is 1. The monoisotopic (exact) mass is 313 g/mol. The molecule has 0 spiro atoms. The number of ether oxygens (including phenoxy) is 1. The molecule has 3 nitrogen and oxygen atoms in total. The van der Waals surface area contributed by atoms with E-state index in [2.05, 4.69) is 4.90 Å². The highest BCUT2D eigenvalue weighted by Crippen LogP contribution is 2.35. The molecule has 1 aliphatic rings. The highest BCUT2D eigenvalue weighted by Gasteiger charge is 2.21. The Hall–Kier alpha value is -1.78. The van der Waals surface area contributed by atoms with Crippen molar-refractivity contribution in [3.63, 3.8) is 0 Å². The summed E-state index contributed by atoms with van der Waals surface area (Å²) in [5, 5.41) is 0. The first kappa shape index (κ1) is 15.1. The largest absolute Gasteiger partial charge is 0.492 e. The highest BCUT2D eigenvalue weighted by molar-refractivity contribution is 7.98. The van der Waals surface area contributed by atoms with E-state index in [1.165, 1.54) is 0 Å². The molecule has 0 radical (unpaired) electrons. The molecular weight excluding hydrogens is 294 g/mol. The van der Waals surface area contributed by atoms with Crippen molar-refractivity contribution in [1.82, 2.24) is 4.90 Å². The van der Waals surface area contributed by atoms with Crippen LogP contribution in [0.5, 0.6) is 5.75 Å². The topological polar surface area (TPSA) is 29.5 Å². The molecule has 0 amide bonds. The van der Waals surface area contributed by atoms with Crippen LogP contribution >= 0.6 is 11.8 Å². The predicted octanol–water partition coefficient (Wildman–Crippen LogP) is 3.46. The number of thioether (sulfide) groups is 1. The van der Waals surface area contributed by atoms with E-state index in [-0.39, 0.29) is 5.78 Å². The Morgan fingerprint density at radius 1 is 1.14 bits per heavy atom. The van der Waals surface area contributed by atoms with Gasteiger partial charge in [-0.1, -0.05) is 24.3 Å². The maximum Gasteiger partial charge on any atom is 0.194 e. The Balaban J connectivity index is 1.87. The summed E-state index contributed by atoms with van der Waals surface area (Å²) in [7, 11) is 4.02. The van der Waals surface area contributed by atoms with Crippen molar-refractivity contribution in [2.75, 3.05) is 27.2 Å². The molecule has 114 valence electrons. The number of carbonyl (C=O) groups excluding carboxylic acids is 1. The van der Waals surface area contributed by atoms with Crippen LogP contribution in [0.15, 0.2) is 47.4 Å². The van der Waals surface area contributed by atoms with E-state index in [9.17, 15) is 4.79 Å². The van der Waals surface area contributed by atoms with Gasteiger partial charge in [0.25, 0.3) is 0 Å². The lowest BCUT2D eigenvalue weighted by molar-refractivity contribution is 0.103. The van der Waals surface area contributed by atoms with Gasteiger partial charge in [-0.3, -0.25) is 4.79 Å². The van der Waals surface area contributed by atoms with Crippen LogP contribution in [0.3, 0.4) is 0 Å². The van der Waals surface area contributed by atoms with Crippen molar-refractivity contribution in [3.8, 4) is 5.75 Å². The summed E-state index contributed by atoms with van der Waals surface area (Å²) < 4.78 is 5.76. The molecule has 0 saturated heterocycles. The van der Waals surface area contributed by atoms with Crippen molar-refractivity contribution in [1.29, 1.82) is 0 Å². The molecule has 0 N–H and O–H groups in total. The van der Waals surface area contributed by atoms with E-state index in [4.69, 9.17) is 4.74 Å². The lowest BCUT2D eigenvalue weighted by Crippen LogP contribution is -2.19. The molecule has 0 aromatic heterocycles. The van der Waals surface area contributed by atoms with E-state index in [1.54, 1.807) is 11.8 Å². The fraction of sp³-hybridized carbons (Fsp3) is 0.278. The van der Waals surface area contributed by atoms with Gasteiger partial charge in [0.2, 0.25) is 0 Å². The third-order valence-corrected chi connectivity index (χ3v) is 4.77.